The van der Waals surface area contributed by atoms with Gasteiger partial charge in [0.25, 0.3) is 0 Å². The van der Waals surface area contributed by atoms with E-state index in [0.29, 0.717) is 12.0 Å². The lowest BCUT2D eigenvalue weighted by Crippen LogP contribution is -2.47. The summed E-state index contributed by atoms with van der Waals surface area (Å²) in [6, 6.07) is 0.111. The average molecular weight is 184 g/mol. The highest BCUT2D eigenvalue weighted by molar-refractivity contribution is 5.74. The molecule has 2 saturated heterocycles. The molecule has 2 rings (SSSR count). The molecule has 2 atom stereocenters. The zero-order valence-electron chi connectivity index (χ0n) is 8.19. The van der Waals surface area contributed by atoms with Crippen LogP contribution in [-0.2, 0) is 4.74 Å². The first-order valence-corrected chi connectivity index (χ1v) is 4.74. The van der Waals surface area contributed by atoms with Crippen LogP contribution in [-0.4, -0.2) is 55.7 Å². The van der Waals surface area contributed by atoms with Crippen molar-refractivity contribution in [1.82, 2.24) is 9.80 Å². The van der Waals surface area contributed by atoms with E-state index in [1.807, 2.05) is 4.90 Å². The molecule has 13 heavy (non-hydrogen) atoms. The number of piperidine rings is 1. The molecule has 0 N–H and O–H groups in total. The van der Waals surface area contributed by atoms with Crippen molar-refractivity contribution in [2.75, 3.05) is 33.8 Å². The molecule has 2 amide bonds. The summed E-state index contributed by atoms with van der Waals surface area (Å²) in [5, 5.41) is 0. The summed E-state index contributed by atoms with van der Waals surface area (Å²) >= 11 is 0. The molecule has 0 radical (unpaired) electrons. The number of fused-ring (bicyclic) bond motifs is 2. The van der Waals surface area contributed by atoms with Gasteiger partial charge in [0.15, 0.2) is 0 Å². The number of urea groups is 1. The molecule has 0 aromatic heterocycles. The van der Waals surface area contributed by atoms with Crippen LogP contribution < -0.4 is 0 Å². The number of likely N-dealkylation sites (tertiary alicyclic amines) is 1. The first-order valence-electron chi connectivity index (χ1n) is 4.74. The van der Waals surface area contributed by atoms with Crippen molar-refractivity contribution in [3.05, 3.63) is 0 Å². The summed E-state index contributed by atoms with van der Waals surface area (Å²) in [4.78, 5) is 15.1. The summed E-state index contributed by atoms with van der Waals surface area (Å²) in [5.41, 5.74) is 0. The molecule has 4 nitrogen and oxygen atoms in total. The fourth-order valence-corrected chi connectivity index (χ4v) is 2.11. The normalized spacial score (nSPS) is 32.0. The fraction of sp³-hybridized carbons (Fsp3) is 0.889. The minimum Gasteiger partial charge on any atom is -0.376 e. The molecule has 4 heteroatoms. The quantitative estimate of drug-likeness (QED) is 0.545. The zero-order chi connectivity index (χ0) is 9.42. The topological polar surface area (TPSA) is 32.8 Å². The Balaban J connectivity index is 1.98. The summed E-state index contributed by atoms with van der Waals surface area (Å²) in [7, 11) is 3.58. The Kier molecular flexibility index (Phi) is 2.15. The van der Waals surface area contributed by atoms with Crippen LogP contribution in [0.3, 0.4) is 0 Å². The third-order valence-corrected chi connectivity index (χ3v) is 2.72. The molecule has 0 aliphatic carbocycles. The monoisotopic (exact) mass is 184 g/mol. The standard InChI is InChI=1S/C9H16N2O2/c1-10(2)9(12)11-4-7-3-8(5-11)13-6-7/h7-8H,3-6H2,1-2H3. The Morgan fingerprint density at radius 2 is 2.23 bits per heavy atom. The maximum atomic E-state index is 11.6. The average Bonchev–Trinajstić information content (AvgIpc) is 2.44. The second-order valence-corrected chi connectivity index (χ2v) is 4.14. The van der Waals surface area contributed by atoms with Gasteiger partial charge in [0.1, 0.15) is 0 Å². The Hall–Kier alpha value is -0.770. The number of hydrogen-bond donors (Lipinski definition) is 0. The number of ether oxygens (including phenoxy) is 1. The molecule has 2 unspecified atom stereocenters. The molecule has 2 heterocycles. The second-order valence-electron chi connectivity index (χ2n) is 4.14. The molecular weight excluding hydrogens is 168 g/mol. The predicted molar refractivity (Wildman–Crippen MR) is 48.5 cm³/mol. The van der Waals surface area contributed by atoms with Gasteiger partial charge in [0.2, 0.25) is 0 Å². The Labute approximate surface area is 78.4 Å². The number of carbonyl (C=O) groups is 1. The first kappa shape index (κ1) is 8.81. The Bertz CT molecular complexity index is 206. The number of hydrogen-bond acceptors (Lipinski definition) is 2. The van der Waals surface area contributed by atoms with Gasteiger partial charge in [-0.05, 0) is 6.42 Å². The molecule has 0 spiro atoms. The van der Waals surface area contributed by atoms with E-state index >= 15 is 0 Å². The molecule has 2 aliphatic heterocycles. The van der Waals surface area contributed by atoms with Crippen molar-refractivity contribution in [3.8, 4) is 0 Å². The maximum absolute atomic E-state index is 11.6. The molecule has 0 aromatic rings. The SMILES string of the molecule is CN(C)C(=O)N1CC2COC(C2)C1. The summed E-state index contributed by atoms with van der Waals surface area (Å²) in [6.07, 6.45) is 1.43. The van der Waals surface area contributed by atoms with Crippen LogP contribution in [0.25, 0.3) is 0 Å². The maximum Gasteiger partial charge on any atom is 0.319 e. The van der Waals surface area contributed by atoms with Crippen molar-refractivity contribution < 1.29 is 9.53 Å². The van der Waals surface area contributed by atoms with Crippen molar-refractivity contribution in [1.29, 1.82) is 0 Å². The van der Waals surface area contributed by atoms with Crippen molar-refractivity contribution >= 4 is 6.03 Å². The largest absolute Gasteiger partial charge is 0.376 e. The lowest BCUT2D eigenvalue weighted by Gasteiger charge is -2.32. The van der Waals surface area contributed by atoms with E-state index in [1.165, 1.54) is 0 Å². The third-order valence-electron chi connectivity index (χ3n) is 2.72. The minimum atomic E-state index is 0.111. The molecule has 2 bridgehead atoms. The van der Waals surface area contributed by atoms with Crippen molar-refractivity contribution in [2.45, 2.75) is 12.5 Å². The van der Waals surface area contributed by atoms with Gasteiger partial charge < -0.3 is 14.5 Å². The fourth-order valence-electron chi connectivity index (χ4n) is 2.11. The molecular formula is C9H16N2O2. The van der Waals surface area contributed by atoms with Crippen LogP contribution in [0.4, 0.5) is 4.79 Å². The van der Waals surface area contributed by atoms with Crippen LogP contribution in [0, 0.1) is 5.92 Å². The molecule has 2 aliphatic rings. The van der Waals surface area contributed by atoms with E-state index in [9.17, 15) is 4.79 Å². The molecule has 2 fully saturated rings. The van der Waals surface area contributed by atoms with Crippen molar-refractivity contribution in [3.63, 3.8) is 0 Å². The summed E-state index contributed by atoms with van der Waals surface area (Å²) in [5.74, 6) is 0.572. The summed E-state index contributed by atoms with van der Waals surface area (Å²) in [6.45, 7) is 2.48. The molecule has 0 saturated carbocycles. The van der Waals surface area contributed by atoms with Crippen LogP contribution in [0.1, 0.15) is 6.42 Å². The van der Waals surface area contributed by atoms with E-state index in [1.54, 1.807) is 19.0 Å². The van der Waals surface area contributed by atoms with Gasteiger partial charge in [0.05, 0.1) is 12.7 Å². The van der Waals surface area contributed by atoms with Crippen LogP contribution in [0.2, 0.25) is 0 Å². The van der Waals surface area contributed by atoms with Gasteiger partial charge in [-0.1, -0.05) is 0 Å². The van der Waals surface area contributed by atoms with E-state index in [-0.39, 0.29) is 6.03 Å². The summed E-state index contributed by atoms with van der Waals surface area (Å²) < 4.78 is 5.52. The lowest BCUT2D eigenvalue weighted by molar-refractivity contribution is 0.0865. The Morgan fingerprint density at radius 1 is 1.46 bits per heavy atom. The van der Waals surface area contributed by atoms with Gasteiger partial charge in [-0.15, -0.1) is 0 Å². The lowest BCUT2D eigenvalue weighted by atomic mass is 10.0. The minimum absolute atomic E-state index is 0.111. The van der Waals surface area contributed by atoms with E-state index in [2.05, 4.69) is 0 Å². The third kappa shape index (κ3) is 1.63. The highest BCUT2D eigenvalue weighted by Gasteiger charge is 2.36. The highest BCUT2D eigenvalue weighted by Crippen LogP contribution is 2.26. The van der Waals surface area contributed by atoms with Gasteiger partial charge in [0, 0.05) is 33.1 Å². The number of rotatable bonds is 0. The van der Waals surface area contributed by atoms with Gasteiger partial charge in [-0.2, -0.15) is 0 Å². The number of carbonyl (C=O) groups excluding carboxylic acids is 1. The van der Waals surface area contributed by atoms with Crippen molar-refractivity contribution in [2.24, 2.45) is 5.92 Å². The first-order chi connectivity index (χ1) is 6.16. The van der Waals surface area contributed by atoms with E-state index in [4.69, 9.17) is 4.74 Å². The van der Waals surface area contributed by atoms with Gasteiger partial charge in [-0.25, -0.2) is 4.79 Å². The molecule has 74 valence electrons. The Morgan fingerprint density at radius 3 is 2.85 bits per heavy atom. The van der Waals surface area contributed by atoms with Crippen LogP contribution >= 0.6 is 0 Å². The zero-order valence-corrected chi connectivity index (χ0v) is 8.19. The van der Waals surface area contributed by atoms with E-state index < -0.39 is 0 Å². The van der Waals surface area contributed by atoms with Gasteiger partial charge >= 0.3 is 6.03 Å². The van der Waals surface area contributed by atoms with Gasteiger partial charge in [-0.3, -0.25) is 0 Å². The molecule has 0 aromatic carbocycles. The predicted octanol–water partition coefficient (Wildman–Crippen LogP) is 0.389. The number of amides is 2. The van der Waals surface area contributed by atoms with E-state index in [0.717, 1.165) is 26.1 Å². The second kappa shape index (κ2) is 3.18. The highest BCUT2D eigenvalue weighted by atomic mass is 16.5. The van der Waals surface area contributed by atoms with Crippen LogP contribution in [0.5, 0.6) is 0 Å². The smallest absolute Gasteiger partial charge is 0.319 e. The van der Waals surface area contributed by atoms with Crippen LogP contribution in [0.15, 0.2) is 0 Å². The number of nitrogens with zero attached hydrogens (tertiary/aromatic N) is 2.